The van der Waals surface area contributed by atoms with Crippen LogP contribution in [0.15, 0.2) is 35.1 Å². The molecule has 8 nitrogen and oxygen atoms in total. The number of esters is 1. The monoisotopic (exact) mass is 313 g/mol. The van der Waals surface area contributed by atoms with Gasteiger partial charge in [0.1, 0.15) is 5.82 Å². The average Bonchev–Trinajstić information content (AvgIpc) is 2.81. The summed E-state index contributed by atoms with van der Waals surface area (Å²) in [6.45, 7) is 0. The van der Waals surface area contributed by atoms with Crippen LogP contribution in [-0.4, -0.2) is 29.5 Å². The number of imide groups is 1. The molecule has 0 aliphatic carbocycles. The number of benzene rings is 1. The van der Waals surface area contributed by atoms with E-state index in [-0.39, 0.29) is 28.2 Å². The number of pyridine rings is 1. The lowest BCUT2D eigenvalue weighted by Gasteiger charge is -2.12. The largest absolute Gasteiger partial charge is 0.465 e. The first kappa shape index (κ1) is 14.5. The molecule has 3 rings (SSSR count). The van der Waals surface area contributed by atoms with Crippen LogP contribution in [-0.2, 0) is 4.74 Å². The Kier molecular flexibility index (Phi) is 3.21. The van der Waals surface area contributed by atoms with Crippen molar-refractivity contribution in [1.29, 1.82) is 0 Å². The minimum atomic E-state index is -0.666. The van der Waals surface area contributed by atoms with Gasteiger partial charge < -0.3 is 10.5 Å². The third-order valence-corrected chi connectivity index (χ3v) is 3.48. The normalized spacial score (nSPS) is 12.7. The van der Waals surface area contributed by atoms with E-state index in [1.807, 2.05) is 0 Å². The van der Waals surface area contributed by atoms with Crippen LogP contribution < -0.4 is 16.6 Å². The first-order chi connectivity index (χ1) is 10.9. The Morgan fingerprint density at radius 3 is 2.61 bits per heavy atom. The summed E-state index contributed by atoms with van der Waals surface area (Å²) in [5.41, 5.74) is 5.71. The maximum atomic E-state index is 12.3. The fourth-order valence-electron chi connectivity index (χ4n) is 2.44. The van der Waals surface area contributed by atoms with Gasteiger partial charge in [-0.1, -0.05) is 6.07 Å². The number of hydrogen-bond donors (Lipinski definition) is 2. The molecular formula is C15H11N3O5. The number of nitrogen functional groups attached to an aromatic ring is 1. The van der Waals surface area contributed by atoms with Crippen molar-refractivity contribution < 1.29 is 19.1 Å². The van der Waals surface area contributed by atoms with Crippen LogP contribution in [0, 0.1) is 0 Å². The van der Waals surface area contributed by atoms with Crippen molar-refractivity contribution in [1.82, 2.24) is 9.88 Å². The molecule has 0 atom stereocenters. The topological polar surface area (TPSA) is 120 Å². The highest BCUT2D eigenvalue weighted by molar-refractivity contribution is 6.23. The number of aromatic nitrogens is 1. The molecule has 0 saturated carbocycles. The molecule has 0 radical (unpaired) electrons. The van der Waals surface area contributed by atoms with Gasteiger partial charge in [0, 0.05) is 6.07 Å². The third kappa shape index (κ3) is 2.16. The lowest BCUT2D eigenvalue weighted by molar-refractivity contribution is 0.0600. The quantitative estimate of drug-likeness (QED) is 0.599. The molecule has 2 heterocycles. The highest BCUT2D eigenvalue weighted by Gasteiger charge is 2.31. The van der Waals surface area contributed by atoms with E-state index in [0.29, 0.717) is 0 Å². The Bertz CT molecular complexity index is 929. The average molecular weight is 313 g/mol. The lowest BCUT2D eigenvalue weighted by atomic mass is 10.1. The van der Waals surface area contributed by atoms with E-state index in [1.54, 1.807) is 12.1 Å². The van der Waals surface area contributed by atoms with Crippen LogP contribution in [0.4, 0.5) is 5.82 Å². The molecule has 1 aliphatic rings. The summed E-state index contributed by atoms with van der Waals surface area (Å²) in [6, 6.07) is 7.05. The van der Waals surface area contributed by atoms with Crippen molar-refractivity contribution in [2.24, 2.45) is 0 Å². The van der Waals surface area contributed by atoms with Crippen LogP contribution >= 0.6 is 0 Å². The zero-order chi connectivity index (χ0) is 16.7. The molecule has 2 amide bonds. The van der Waals surface area contributed by atoms with Crippen LogP contribution in [0.2, 0.25) is 0 Å². The number of rotatable bonds is 2. The molecule has 1 aromatic carbocycles. The Morgan fingerprint density at radius 2 is 1.91 bits per heavy atom. The number of ether oxygens (including phenoxy) is 1. The second-order valence-corrected chi connectivity index (χ2v) is 4.82. The van der Waals surface area contributed by atoms with E-state index in [4.69, 9.17) is 5.73 Å². The maximum Gasteiger partial charge on any atom is 0.337 e. The van der Waals surface area contributed by atoms with Gasteiger partial charge in [-0.2, -0.15) is 0 Å². The fourth-order valence-corrected chi connectivity index (χ4v) is 2.44. The zero-order valence-electron chi connectivity index (χ0n) is 12.0. The standard InChI is InChI=1S/C15H11N3O5/c1-23-15(22)7-3-2-4-8(5-7)18-10(19)6-9-11(12(18)16)14(21)17-13(9)20/h2-6H,16H2,1H3,(H,17,20,21). The van der Waals surface area contributed by atoms with Gasteiger partial charge in [-0.3, -0.25) is 24.3 Å². The van der Waals surface area contributed by atoms with Crippen molar-refractivity contribution in [3.8, 4) is 5.69 Å². The maximum absolute atomic E-state index is 12.3. The summed E-state index contributed by atoms with van der Waals surface area (Å²) in [5.74, 6) is -2.07. The Labute approximate surface area is 129 Å². The molecular weight excluding hydrogens is 302 g/mol. The zero-order valence-corrected chi connectivity index (χ0v) is 12.0. The van der Waals surface area contributed by atoms with Gasteiger partial charge in [0.2, 0.25) is 0 Å². The van der Waals surface area contributed by atoms with E-state index in [2.05, 4.69) is 10.1 Å². The number of fused-ring (bicyclic) bond motifs is 1. The predicted octanol–water partition coefficient (Wildman–Crippen LogP) is 0.0899. The number of nitrogens with one attached hydrogen (secondary N) is 1. The van der Waals surface area contributed by atoms with Crippen LogP contribution in [0.5, 0.6) is 0 Å². The second kappa shape index (κ2) is 5.09. The fraction of sp³-hybridized carbons (Fsp3) is 0.0667. The first-order valence-corrected chi connectivity index (χ1v) is 6.54. The number of amides is 2. The van der Waals surface area contributed by atoms with E-state index >= 15 is 0 Å². The van der Waals surface area contributed by atoms with Crippen LogP contribution in [0.3, 0.4) is 0 Å². The summed E-state index contributed by atoms with van der Waals surface area (Å²) >= 11 is 0. The number of carbonyl (C=O) groups is 3. The number of nitrogens with two attached hydrogens (primary N) is 1. The van der Waals surface area contributed by atoms with Gasteiger partial charge in [0.15, 0.2) is 0 Å². The van der Waals surface area contributed by atoms with Crippen LogP contribution in [0.1, 0.15) is 31.1 Å². The Morgan fingerprint density at radius 1 is 1.17 bits per heavy atom. The second-order valence-electron chi connectivity index (χ2n) is 4.82. The van der Waals surface area contributed by atoms with Crippen molar-refractivity contribution in [2.45, 2.75) is 0 Å². The highest BCUT2D eigenvalue weighted by Crippen LogP contribution is 2.23. The van der Waals surface area contributed by atoms with Crippen molar-refractivity contribution in [2.75, 3.05) is 12.8 Å². The van der Waals surface area contributed by atoms with E-state index < -0.39 is 23.3 Å². The van der Waals surface area contributed by atoms with Gasteiger partial charge in [0.25, 0.3) is 17.4 Å². The van der Waals surface area contributed by atoms with Gasteiger partial charge in [-0.15, -0.1) is 0 Å². The van der Waals surface area contributed by atoms with Gasteiger partial charge in [0.05, 0.1) is 29.5 Å². The molecule has 0 spiro atoms. The molecule has 23 heavy (non-hydrogen) atoms. The number of carbonyl (C=O) groups excluding carboxylic acids is 3. The minimum absolute atomic E-state index is 0.0573. The minimum Gasteiger partial charge on any atom is -0.465 e. The van der Waals surface area contributed by atoms with E-state index in [0.717, 1.165) is 10.6 Å². The third-order valence-electron chi connectivity index (χ3n) is 3.48. The summed E-state index contributed by atoms with van der Waals surface area (Å²) < 4.78 is 5.69. The first-order valence-electron chi connectivity index (χ1n) is 6.54. The van der Waals surface area contributed by atoms with Crippen molar-refractivity contribution in [3.63, 3.8) is 0 Å². The molecule has 0 bridgehead atoms. The Hall–Kier alpha value is -3.42. The molecule has 116 valence electrons. The van der Waals surface area contributed by atoms with E-state index in [9.17, 15) is 19.2 Å². The number of nitrogens with zero attached hydrogens (tertiary/aromatic N) is 1. The van der Waals surface area contributed by atoms with E-state index in [1.165, 1.54) is 19.2 Å². The predicted molar refractivity (Wildman–Crippen MR) is 79.6 cm³/mol. The summed E-state index contributed by atoms with van der Waals surface area (Å²) in [7, 11) is 1.24. The molecule has 3 N–H and O–H groups in total. The lowest BCUT2D eigenvalue weighted by Crippen LogP contribution is -2.24. The molecule has 8 heteroatoms. The smallest absolute Gasteiger partial charge is 0.337 e. The molecule has 0 fully saturated rings. The summed E-state index contributed by atoms with van der Waals surface area (Å²) in [5, 5.41) is 2.08. The van der Waals surface area contributed by atoms with Crippen LogP contribution in [0.25, 0.3) is 5.69 Å². The summed E-state index contributed by atoms with van der Waals surface area (Å²) in [6.07, 6.45) is 0. The number of hydrogen-bond acceptors (Lipinski definition) is 6. The Balaban J connectivity index is 2.25. The SMILES string of the molecule is COC(=O)c1cccc(-n2c(N)c3c(cc2=O)C(=O)NC3=O)c1. The molecule has 0 unspecified atom stereocenters. The molecule has 1 aromatic heterocycles. The van der Waals surface area contributed by atoms with Gasteiger partial charge >= 0.3 is 5.97 Å². The van der Waals surface area contributed by atoms with Crippen molar-refractivity contribution in [3.05, 3.63) is 57.4 Å². The number of anilines is 1. The summed E-state index contributed by atoms with van der Waals surface area (Å²) in [4.78, 5) is 47.3. The van der Waals surface area contributed by atoms with Crippen molar-refractivity contribution >= 4 is 23.6 Å². The molecule has 1 aliphatic heterocycles. The van der Waals surface area contributed by atoms with Gasteiger partial charge in [-0.05, 0) is 18.2 Å². The number of methoxy groups -OCH3 is 1. The molecule has 2 aromatic rings. The molecule has 0 saturated heterocycles. The highest BCUT2D eigenvalue weighted by atomic mass is 16.5. The van der Waals surface area contributed by atoms with Gasteiger partial charge in [-0.25, -0.2) is 4.79 Å².